The van der Waals surface area contributed by atoms with Crippen LogP contribution in [0, 0.1) is 0 Å². The second-order valence-electron chi connectivity index (χ2n) is 3.97. The fourth-order valence-corrected chi connectivity index (χ4v) is 2.91. The van der Waals surface area contributed by atoms with Gasteiger partial charge in [-0.2, -0.15) is 0 Å². The van der Waals surface area contributed by atoms with E-state index in [-0.39, 0.29) is 0 Å². The highest BCUT2D eigenvalue weighted by atomic mass is 32.1. The minimum Gasteiger partial charge on any atom is -0.366 e. The van der Waals surface area contributed by atoms with E-state index in [0.717, 1.165) is 13.1 Å². The number of fused-ring (bicyclic) bond motifs is 2. The fourth-order valence-electron chi connectivity index (χ4n) is 2.13. The monoisotopic (exact) mass is 230 g/mol. The Balaban J connectivity index is 2.12. The molecule has 3 heteroatoms. The molecule has 1 aliphatic heterocycles. The van der Waals surface area contributed by atoms with Gasteiger partial charge in [0.25, 0.3) is 0 Å². The van der Waals surface area contributed by atoms with Crippen LogP contribution in [0.1, 0.15) is 12.5 Å². The first-order chi connectivity index (χ1) is 7.88. The SMILES string of the molecule is CCN1Cc2cscc2Nc2ccccc21. The molecule has 0 spiro atoms. The number of rotatable bonds is 1. The van der Waals surface area contributed by atoms with Crippen molar-refractivity contribution < 1.29 is 0 Å². The van der Waals surface area contributed by atoms with Crippen LogP contribution >= 0.6 is 11.3 Å². The van der Waals surface area contributed by atoms with E-state index in [1.165, 1.54) is 22.6 Å². The lowest BCUT2D eigenvalue weighted by molar-refractivity contribution is 0.842. The molecule has 1 aromatic heterocycles. The Morgan fingerprint density at radius 2 is 2.12 bits per heavy atom. The molecule has 3 rings (SSSR count). The lowest BCUT2D eigenvalue weighted by Gasteiger charge is -2.22. The standard InChI is InChI=1S/C13H14N2S/c1-2-15-7-10-8-16-9-12(10)14-11-5-3-4-6-13(11)15/h3-6,8-9,14H,2,7H2,1H3. The van der Waals surface area contributed by atoms with Crippen LogP contribution in [-0.2, 0) is 6.54 Å². The molecule has 0 fully saturated rings. The van der Waals surface area contributed by atoms with Crippen molar-refractivity contribution in [3.63, 3.8) is 0 Å². The van der Waals surface area contributed by atoms with E-state index in [0.29, 0.717) is 0 Å². The topological polar surface area (TPSA) is 15.3 Å². The van der Waals surface area contributed by atoms with Crippen molar-refractivity contribution in [3.8, 4) is 0 Å². The third-order valence-electron chi connectivity index (χ3n) is 3.00. The second kappa shape index (κ2) is 3.83. The van der Waals surface area contributed by atoms with E-state index in [1.54, 1.807) is 11.3 Å². The van der Waals surface area contributed by atoms with E-state index < -0.39 is 0 Å². The van der Waals surface area contributed by atoms with Crippen LogP contribution in [0.5, 0.6) is 0 Å². The number of para-hydroxylation sites is 2. The van der Waals surface area contributed by atoms with Gasteiger partial charge in [0.1, 0.15) is 0 Å². The fraction of sp³-hybridized carbons (Fsp3) is 0.231. The van der Waals surface area contributed by atoms with Crippen LogP contribution in [0.25, 0.3) is 0 Å². The van der Waals surface area contributed by atoms with E-state index in [2.05, 4.69) is 52.2 Å². The zero-order valence-electron chi connectivity index (χ0n) is 9.23. The molecule has 0 atom stereocenters. The Hall–Kier alpha value is -1.48. The van der Waals surface area contributed by atoms with Crippen molar-refractivity contribution in [2.75, 3.05) is 16.8 Å². The Kier molecular flexibility index (Phi) is 2.33. The number of nitrogens with zero attached hydrogens (tertiary/aromatic N) is 1. The third-order valence-corrected chi connectivity index (χ3v) is 3.79. The minimum atomic E-state index is 0.999. The summed E-state index contributed by atoms with van der Waals surface area (Å²) >= 11 is 1.76. The van der Waals surface area contributed by atoms with Gasteiger partial charge in [-0.3, -0.25) is 0 Å². The van der Waals surface area contributed by atoms with Gasteiger partial charge < -0.3 is 10.2 Å². The molecule has 1 aliphatic rings. The van der Waals surface area contributed by atoms with Crippen LogP contribution in [0.3, 0.4) is 0 Å². The lowest BCUT2D eigenvalue weighted by atomic mass is 10.2. The average molecular weight is 230 g/mol. The molecule has 0 saturated carbocycles. The normalized spacial score (nSPS) is 13.7. The van der Waals surface area contributed by atoms with Crippen molar-refractivity contribution in [2.24, 2.45) is 0 Å². The molecule has 0 amide bonds. The summed E-state index contributed by atoms with van der Waals surface area (Å²) in [5, 5.41) is 7.93. The number of anilines is 3. The third kappa shape index (κ3) is 1.48. The highest BCUT2D eigenvalue weighted by molar-refractivity contribution is 7.08. The summed E-state index contributed by atoms with van der Waals surface area (Å²) in [7, 11) is 0. The van der Waals surface area contributed by atoms with Gasteiger partial charge in [-0.25, -0.2) is 0 Å². The van der Waals surface area contributed by atoms with Crippen molar-refractivity contribution in [2.45, 2.75) is 13.5 Å². The summed E-state index contributed by atoms with van der Waals surface area (Å²) in [5.41, 5.74) is 5.16. The molecule has 1 N–H and O–H groups in total. The maximum atomic E-state index is 3.52. The van der Waals surface area contributed by atoms with Gasteiger partial charge in [-0.15, -0.1) is 11.3 Å². The quantitative estimate of drug-likeness (QED) is 0.801. The van der Waals surface area contributed by atoms with Crippen LogP contribution in [0.15, 0.2) is 35.0 Å². The summed E-state index contributed by atoms with van der Waals surface area (Å²) in [4.78, 5) is 2.40. The zero-order valence-corrected chi connectivity index (χ0v) is 10.1. The Labute approximate surface area is 99.5 Å². The molecule has 2 aromatic rings. The van der Waals surface area contributed by atoms with Gasteiger partial charge >= 0.3 is 0 Å². The summed E-state index contributed by atoms with van der Waals surface area (Å²) in [6.45, 7) is 4.24. The van der Waals surface area contributed by atoms with Crippen LogP contribution in [0.2, 0.25) is 0 Å². The predicted molar refractivity (Wildman–Crippen MR) is 70.8 cm³/mol. The Morgan fingerprint density at radius 1 is 1.25 bits per heavy atom. The Morgan fingerprint density at radius 3 is 3.00 bits per heavy atom. The number of benzene rings is 1. The first-order valence-electron chi connectivity index (χ1n) is 5.54. The number of hydrogen-bond acceptors (Lipinski definition) is 3. The maximum Gasteiger partial charge on any atom is 0.0622 e. The first-order valence-corrected chi connectivity index (χ1v) is 6.49. The summed E-state index contributed by atoms with van der Waals surface area (Å²) in [5.74, 6) is 0. The van der Waals surface area contributed by atoms with Crippen molar-refractivity contribution in [1.82, 2.24) is 0 Å². The van der Waals surface area contributed by atoms with Crippen molar-refractivity contribution in [1.29, 1.82) is 0 Å². The molecule has 2 heterocycles. The van der Waals surface area contributed by atoms with Crippen LogP contribution < -0.4 is 10.2 Å². The number of nitrogens with one attached hydrogen (secondary N) is 1. The van der Waals surface area contributed by atoms with Crippen LogP contribution in [-0.4, -0.2) is 6.54 Å². The maximum absolute atomic E-state index is 3.52. The summed E-state index contributed by atoms with van der Waals surface area (Å²) in [6, 6.07) is 8.50. The lowest BCUT2D eigenvalue weighted by Crippen LogP contribution is -2.20. The molecular formula is C13H14N2S. The molecule has 2 nitrogen and oxygen atoms in total. The molecule has 1 aromatic carbocycles. The Bertz CT molecular complexity index is 504. The first kappa shape index (κ1) is 9.73. The zero-order chi connectivity index (χ0) is 11.0. The van der Waals surface area contributed by atoms with Gasteiger partial charge in [-0.1, -0.05) is 12.1 Å². The van der Waals surface area contributed by atoms with E-state index >= 15 is 0 Å². The van der Waals surface area contributed by atoms with Gasteiger partial charge in [0.05, 0.1) is 17.1 Å². The average Bonchev–Trinajstić information content (AvgIpc) is 2.68. The molecule has 0 aliphatic carbocycles. The van der Waals surface area contributed by atoms with Gasteiger partial charge in [0.15, 0.2) is 0 Å². The van der Waals surface area contributed by atoms with Crippen molar-refractivity contribution >= 4 is 28.4 Å². The number of thiophene rings is 1. The van der Waals surface area contributed by atoms with Gasteiger partial charge in [0.2, 0.25) is 0 Å². The van der Waals surface area contributed by atoms with E-state index in [1.807, 2.05) is 0 Å². The van der Waals surface area contributed by atoms with E-state index in [9.17, 15) is 0 Å². The van der Waals surface area contributed by atoms with Gasteiger partial charge in [-0.05, 0) is 24.4 Å². The molecule has 0 unspecified atom stereocenters. The van der Waals surface area contributed by atoms with E-state index in [4.69, 9.17) is 0 Å². The smallest absolute Gasteiger partial charge is 0.0622 e. The highest BCUT2D eigenvalue weighted by Crippen LogP contribution is 2.36. The molecule has 16 heavy (non-hydrogen) atoms. The second-order valence-corrected chi connectivity index (χ2v) is 4.71. The molecule has 0 radical (unpaired) electrons. The van der Waals surface area contributed by atoms with Crippen molar-refractivity contribution in [3.05, 3.63) is 40.6 Å². The predicted octanol–water partition coefficient (Wildman–Crippen LogP) is 3.83. The molecular weight excluding hydrogens is 216 g/mol. The number of hydrogen-bond donors (Lipinski definition) is 1. The largest absolute Gasteiger partial charge is 0.366 e. The summed E-state index contributed by atoms with van der Waals surface area (Å²) in [6.07, 6.45) is 0. The summed E-state index contributed by atoms with van der Waals surface area (Å²) < 4.78 is 0. The van der Waals surface area contributed by atoms with Gasteiger partial charge in [0, 0.05) is 24.0 Å². The highest BCUT2D eigenvalue weighted by Gasteiger charge is 2.17. The van der Waals surface area contributed by atoms with Crippen LogP contribution in [0.4, 0.5) is 17.1 Å². The molecule has 0 saturated heterocycles. The minimum absolute atomic E-state index is 0.999. The molecule has 0 bridgehead atoms. The molecule has 82 valence electrons.